The fourth-order valence-electron chi connectivity index (χ4n) is 3.22. The summed E-state index contributed by atoms with van der Waals surface area (Å²) in [6.07, 6.45) is 0. The van der Waals surface area contributed by atoms with Crippen molar-refractivity contribution in [2.75, 3.05) is 38.0 Å². The molecule has 1 aliphatic heterocycles. The molecule has 0 aromatic heterocycles. The average Bonchev–Trinajstić information content (AvgIpc) is 2.60. The van der Waals surface area contributed by atoms with Crippen molar-refractivity contribution in [2.24, 2.45) is 0 Å². The SMILES string of the molecule is Cc1ccc(NC(=O)CN2CCN(Cc3cccc(Cl)c3)CC2)cc1C. The number of rotatable bonds is 5. The molecule has 3 rings (SSSR count). The van der Waals surface area contributed by atoms with Crippen LogP contribution >= 0.6 is 11.6 Å². The number of carbonyl (C=O) groups excluding carboxylic acids is 1. The van der Waals surface area contributed by atoms with E-state index in [0.717, 1.165) is 43.4 Å². The molecule has 2 aromatic carbocycles. The Labute approximate surface area is 160 Å². The predicted octanol–water partition coefficient (Wildman–Crippen LogP) is 3.71. The minimum Gasteiger partial charge on any atom is -0.325 e. The molecule has 0 bridgehead atoms. The van der Waals surface area contributed by atoms with Crippen LogP contribution in [0.1, 0.15) is 16.7 Å². The lowest BCUT2D eigenvalue weighted by Crippen LogP contribution is -2.48. The van der Waals surface area contributed by atoms with E-state index in [0.29, 0.717) is 6.54 Å². The number of aryl methyl sites for hydroxylation is 2. The van der Waals surface area contributed by atoms with E-state index in [2.05, 4.69) is 35.0 Å². The van der Waals surface area contributed by atoms with E-state index >= 15 is 0 Å². The van der Waals surface area contributed by atoms with Crippen LogP contribution in [-0.4, -0.2) is 48.4 Å². The first kappa shape index (κ1) is 18.9. The highest BCUT2D eigenvalue weighted by molar-refractivity contribution is 6.30. The second-order valence-corrected chi connectivity index (χ2v) is 7.47. The van der Waals surface area contributed by atoms with Crippen LogP contribution in [0.3, 0.4) is 0 Å². The summed E-state index contributed by atoms with van der Waals surface area (Å²) < 4.78 is 0. The van der Waals surface area contributed by atoms with Crippen LogP contribution in [0, 0.1) is 13.8 Å². The molecule has 1 saturated heterocycles. The zero-order valence-corrected chi connectivity index (χ0v) is 16.2. The number of hydrogen-bond donors (Lipinski definition) is 1. The molecule has 1 aliphatic rings. The minimum absolute atomic E-state index is 0.0524. The maximum atomic E-state index is 12.3. The van der Waals surface area contributed by atoms with Gasteiger partial charge in [-0.15, -0.1) is 0 Å². The third-order valence-corrected chi connectivity index (χ3v) is 5.15. The van der Waals surface area contributed by atoms with Crippen LogP contribution in [0.2, 0.25) is 5.02 Å². The van der Waals surface area contributed by atoms with E-state index < -0.39 is 0 Å². The second-order valence-electron chi connectivity index (χ2n) is 7.03. The van der Waals surface area contributed by atoms with Crippen molar-refractivity contribution in [3.05, 3.63) is 64.2 Å². The number of halogens is 1. The van der Waals surface area contributed by atoms with Crippen molar-refractivity contribution >= 4 is 23.2 Å². The highest BCUT2D eigenvalue weighted by Crippen LogP contribution is 2.15. The summed E-state index contributed by atoms with van der Waals surface area (Å²) in [5.74, 6) is 0.0524. The Balaban J connectivity index is 1.44. The first-order valence-corrected chi connectivity index (χ1v) is 9.43. The molecule has 2 aromatic rings. The van der Waals surface area contributed by atoms with Gasteiger partial charge >= 0.3 is 0 Å². The third kappa shape index (κ3) is 5.31. The van der Waals surface area contributed by atoms with Gasteiger partial charge in [-0.3, -0.25) is 14.6 Å². The Hall–Kier alpha value is -1.88. The molecule has 1 amide bonds. The summed E-state index contributed by atoms with van der Waals surface area (Å²) in [5, 5.41) is 3.79. The Morgan fingerprint density at radius 2 is 1.73 bits per heavy atom. The van der Waals surface area contributed by atoms with Gasteiger partial charge in [0.25, 0.3) is 0 Å². The van der Waals surface area contributed by atoms with Crippen molar-refractivity contribution < 1.29 is 4.79 Å². The van der Waals surface area contributed by atoms with Gasteiger partial charge in [0.1, 0.15) is 0 Å². The lowest BCUT2D eigenvalue weighted by atomic mass is 10.1. The maximum Gasteiger partial charge on any atom is 0.238 e. The number of anilines is 1. The van der Waals surface area contributed by atoms with Gasteiger partial charge in [0.2, 0.25) is 5.91 Å². The predicted molar refractivity (Wildman–Crippen MR) is 108 cm³/mol. The van der Waals surface area contributed by atoms with Gasteiger partial charge in [-0.25, -0.2) is 0 Å². The normalized spacial score (nSPS) is 15.8. The largest absolute Gasteiger partial charge is 0.325 e. The average molecular weight is 372 g/mol. The number of piperazine rings is 1. The molecule has 0 radical (unpaired) electrons. The highest BCUT2D eigenvalue weighted by atomic mass is 35.5. The van der Waals surface area contributed by atoms with Crippen LogP contribution in [-0.2, 0) is 11.3 Å². The van der Waals surface area contributed by atoms with Crippen molar-refractivity contribution in [2.45, 2.75) is 20.4 Å². The molecule has 4 nitrogen and oxygen atoms in total. The molecule has 138 valence electrons. The van der Waals surface area contributed by atoms with Crippen LogP contribution in [0.5, 0.6) is 0 Å². The minimum atomic E-state index is 0.0524. The quantitative estimate of drug-likeness (QED) is 0.870. The number of carbonyl (C=O) groups is 1. The van der Waals surface area contributed by atoms with Gasteiger partial charge in [-0.2, -0.15) is 0 Å². The molecule has 5 heteroatoms. The van der Waals surface area contributed by atoms with Crippen LogP contribution in [0.25, 0.3) is 0 Å². The number of hydrogen-bond acceptors (Lipinski definition) is 3. The van der Waals surface area contributed by atoms with Crippen molar-refractivity contribution in [1.82, 2.24) is 9.80 Å². The van der Waals surface area contributed by atoms with Crippen LogP contribution < -0.4 is 5.32 Å². The summed E-state index contributed by atoms with van der Waals surface area (Å²) in [5.41, 5.74) is 4.53. The van der Waals surface area contributed by atoms with E-state index in [1.54, 1.807) is 0 Å². The summed E-state index contributed by atoms with van der Waals surface area (Å²) in [6, 6.07) is 14.0. The topological polar surface area (TPSA) is 35.6 Å². The second kappa shape index (κ2) is 8.67. The van der Waals surface area contributed by atoms with Gasteiger partial charge in [-0.05, 0) is 54.8 Å². The smallest absolute Gasteiger partial charge is 0.238 e. The first-order valence-electron chi connectivity index (χ1n) is 9.06. The standard InChI is InChI=1S/C21H26ClN3O/c1-16-6-7-20(12-17(16)2)23-21(26)15-25-10-8-24(9-11-25)14-18-4-3-5-19(22)13-18/h3-7,12-13H,8-11,14-15H2,1-2H3,(H,23,26). The highest BCUT2D eigenvalue weighted by Gasteiger charge is 2.19. The molecule has 0 saturated carbocycles. The van der Waals surface area contributed by atoms with Crippen molar-refractivity contribution in [3.8, 4) is 0 Å². The molecular weight excluding hydrogens is 346 g/mol. The maximum absolute atomic E-state index is 12.3. The Morgan fingerprint density at radius 3 is 2.42 bits per heavy atom. The fourth-order valence-corrected chi connectivity index (χ4v) is 3.43. The van der Waals surface area contributed by atoms with Crippen LogP contribution in [0.4, 0.5) is 5.69 Å². The van der Waals surface area contributed by atoms with E-state index in [1.807, 2.05) is 36.4 Å². The monoisotopic (exact) mass is 371 g/mol. The van der Waals surface area contributed by atoms with Crippen LogP contribution in [0.15, 0.2) is 42.5 Å². The molecule has 0 atom stereocenters. The van der Waals surface area contributed by atoms with Gasteiger partial charge in [0.05, 0.1) is 6.54 Å². The zero-order valence-electron chi connectivity index (χ0n) is 15.5. The fraction of sp³-hybridized carbons (Fsp3) is 0.381. The summed E-state index contributed by atoms with van der Waals surface area (Å²) in [7, 11) is 0. The lowest BCUT2D eigenvalue weighted by Gasteiger charge is -2.34. The van der Waals surface area contributed by atoms with E-state index in [4.69, 9.17) is 11.6 Å². The molecule has 0 spiro atoms. The van der Waals surface area contributed by atoms with Gasteiger partial charge in [-0.1, -0.05) is 29.8 Å². The molecule has 0 aliphatic carbocycles. The summed E-state index contributed by atoms with van der Waals surface area (Å²) in [6.45, 7) is 9.21. The number of amides is 1. The summed E-state index contributed by atoms with van der Waals surface area (Å²) >= 11 is 6.06. The number of nitrogens with one attached hydrogen (secondary N) is 1. The molecule has 1 fully saturated rings. The van der Waals surface area contributed by atoms with Gasteiger partial charge in [0.15, 0.2) is 0 Å². The Morgan fingerprint density at radius 1 is 1.00 bits per heavy atom. The Bertz CT molecular complexity index is 770. The number of benzene rings is 2. The summed E-state index contributed by atoms with van der Waals surface area (Å²) in [4.78, 5) is 16.9. The molecule has 1 heterocycles. The molecule has 0 unspecified atom stereocenters. The lowest BCUT2D eigenvalue weighted by molar-refractivity contribution is -0.117. The van der Waals surface area contributed by atoms with E-state index in [-0.39, 0.29) is 5.91 Å². The van der Waals surface area contributed by atoms with Crippen molar-refractivity contribution in [3.63, 3.8) is 0 Å². The third-order valence-electron chi connectivity index (χ3n) is 4.92. The zero-order chi connectivity index (χ0) is 18.5. The van der Waals surface area contributed by atoms with E-state index in [9.17, 15) is 4.79 Å². The van der Waals surface area contributed by atoms with E-state index in [1.165, 1.54) is 16.7 Å². The van der Waals surface area contributed by atoms with Gasteiger partial charge in [0, 0.05) is 43.4 Å². The first-order chi connectivity index (χ1) is 12.5. The van der Waals surface area contributed by atoms with Crippen molar-refractivity contribution in [1.29, 1.82) is 0 Å². The number of nitrogens with zero attached hydrogens (tertiary/aromatic N) is 2. The molecular formula is C21H26ClN3O. The molecule has 1 N–H and O–H groups in total. The Kier molecular flexibility index (Phi) is 6.30. The molecule has 26 heavy (non-hydrogen) atoms. The van der Waals surface area contributed by atoms with Gasteiger partial charge < -0.3 is 5.32 Å².